The van der Waals surface area contributed by atoms with Crippen molar-refractivity contribution in [1.82, 2.24) is 5.32 Å². The van der Waals surface area contributed by atoms with Gasteiger partial charge in [-0.05, 0) is 18.2 Å². The number of hydrogen-bond acceptors (Lipinski definition) is 3. The zero-order valence-electron chi connectivity index (χ0n) is 9.44. The van der Waals surface area contributed by atoms with Crippen LogP contribution in [0.25, 0.3) is 0 Å². The largest absolute Gasteiger partial charge is 0.479 e. The van der Waals surface area contributed by atoms with Crippen LogP contribution in [-0.4, -0.2) is 34.7 Å². The highest BCUT2D eigenvalue weighted by Gasteiger charge is 2.30. The number of benzene rings is 1. The van der Waals surface area contributed by atoms with E-state index in [1.54, 1.807) is 0 Å². The highest BCUT2D eigenvalue weighted by molar-refractivity contribution is 5.94. The van der Waals surface area contributed by atoms with E-state index in [4.69, 9.17) is 10.2 Å². The molecule has 0 spiro atoms. The van der Waals surface area contributed by atoms with Gasteiger partial charge in [0.25, 0.3) is 5.91 Å². The van der Waals surface area contributed by atoms with Crippen molar-refractivity contribution in [3.63, 3.8) is 0 Å². The van der Waals surface area contributed by atoms with E-state index in [2.05, 4.69) is 0 Å². The number of halogens is 3. The lowest BCUT2D eigenvalue weighted by Gasteiger charge is -2.10. The Morgan fingerprint density at radius 1 is 1.32 bits per heavy atom. The minimum absolute atomic E-state index is 0.271. The summed E-state index contributed by atoms with van der Waals surface area (Å²) in [7, 11) is 0. The summed E-state index contributed by atoms with van der Waals surface area (Å²) in [4.78, 5) is 21.8. The van der Waals surface area contributed by atoms with Crippen molar-refractivity contribution in [2.45, 2.75) is 12.3 Å². The van der Waals surface area contributed by atoms with Gasteiger partial charge < -0.3 is 15.5 Å². The fourth-order valence-corrected chi connectivity index (χ4v) is 1.22. The molecule has 104 valence electrons. The van der Waals surface area contributed by atoms with Gasteiger partial charge in [-0.2, -0.15) is 13.2 Å². The molecule has 0 radical (unpaired) electrons. The van der Waals surface area contributed by atoms with Crippen LogP contribution in [0.1, 0.15) is 15.9 Å². The second-order valence-electron chi connectivity index (χ2n) is 3.64. The maximum Gasteiger partial charge on any atom is 0.416 e. The lowest BCUT2D eigenvalue weighted by molar-refractivity contribution is -0.146. The molecular formula is C11H10F3NO4. The Labute approximate surface area is 105 Å². The highest BCUT2D eigenvalue weighted by Crippen LogP contribution is 2.29. The monoisotopic (exact) mass is 277 g/mol. The lowest BCUT2D eigenvalue weighted by Crippen LogP contribution is -2.36. The third-order valence-corrected chi connectivity index (χ3v) is 2.19. The Kier molecular flexibility index (Phi) is 4.49. The topological polar surface area (TPSA) is 86.6 Å². The number of aliphatic carboxylic acids is 1. The van der Waals surface area contributed by atoms with Gasteiger partial charge in [-0.15, -0.1) is 0 Å². The number of carbonyl (C=O) groups is 2. The van der Waals surface area contributed by atoms with Gasteiger partial charge in [0.05, 0.1) is 12.1 Å². The van der Waals surface area contributed by atoms with Gasteiger partial charge in [0.2, 0.25) is 0 Å². The molecule has 0 aliphatic carbocycles. The Morgan fingerprint density at radius 2 is 1.95 bits per heavy atom. The number of amides is 1. The van der Waals surface area contributed by atoms with Crippen LogP contribution in [0.3, 0.4) is 0 Å². The summed E-state index contributed by atoms with van der Waals surface area (Å²) < 4.78 is 37.2. The molecule has 1 aromatic rings. The van der Waals surface area contributed by atoms with Crippen LogP contribution in [0.15, 0.2) is 24.3 Å². The van der Waals surface area contributed by atoms with Crippen molar-refractivity contribution in [3.05, 3.63) is 35.4 Å². The third-order valence-electron chi connectivity index (χ3n) is 2.19. The van der Waals surface area contributed by atoms with E-state index in [1.165, 1.54) is 0 Å². The van der Waals surface area contributed by atoms with Gasteiger partial charge in [-0.25, -0.2) is 4.79 Å². The number of carboxylic acid groups (broad SMARTS) is 1. The van der Waals surface area contributed by atoms with Crippen LogP contribution in [0.2, 0.25) is 0 Å². The predicted octanol–water partition coefficient (Wildman–Crippen LogP) is 0.881. The van der Waals surface area contributed by atoms with Gasteiger partial charge in [0.15, 0.2) is 6.10 Å². The highest BCUT2D eigenvalue weighted by atomic mass is 19.4. The smallest absolute Gasteiger partial charge is 0.416 e. The van der Waals surface area contributed by atoms with Crippen LogP contribution in [0.4, 0.5) is 13.2 Å². The van der Waals surface area contributed by atoms with Gasteiger partial charge in [-0.1, -0.05) is 6.07 Å². The van der Waals surface area contributed by atoms with E-state index in [0.29, 0.717) is 6.07 Å². The third kappa shape index (κ3) is 4.25. The minimum atomic E-state index is -4.57. The summed E-state index contributed by atoms with van der Waals surface area (Å²) >= 11 is 0. The first kappa shape index (κ1) is 15.0. The molecule has 3 N–H and O–H groups in total. The van der Waals surface area contributed by atoms with Gasteiger partial charge in [0.1, 0.15) is 0 Å². The van der Waals surface area contributed by atoms with Crippen molar-refractivity contribution < 1.29 is 33.0 Å². The standard InChI is InChI=1S/C11H10F3NO4/c12-11(13,14)7-3-1-2-6(4-7)9(17)15-5-8(16)10(18)19/h1-4,8,16H,5H2,(H,15,17)(H,18,19). The molecule has 8 heteroatoms. The molecule has 0 aliphatic rings. The lowest BCUT2D eigenvalue weighted by atomic mass is 10.1. The first-order valence-corrected chi connectivity index (χ1v) is 5.08. The average Bonchev–Trinajstić information content (AvgIpc) is 2.34. The first-order chi connectivity index (χ1) is 8.71. The zero-order valence-corrected chi connectivity index (χ0v) is 9.44. The normalized spacial score (nSPS) is 12.8. The number of rotatable bonds is 4. The van der Waals surface area contributed by atoms with E-state index in [1.807, 2.05) is 5.32 Å². The summed E-state index contributed by atoms with van der Waals surface area (Å²) in [5, 5.41) is 19.3. The van der Waals surface area contributed by atoms with Crippen molar-refractivity contribution >= 4 is 11.9 Å². The quantitative estimate of drug-likeness (QED) is 0.762. The van der Waals surface area contributed by atoms with Gasteiger partial charge in [-0.3, -0.25) is 4.79 Å². The fourth-order valence-electron chi connectivity index (χ4n) is 1.22. The second-order valence-corrected chi connectivity index (χ2v) is 3.64. The van der Waals surface area contributed by atoms with E-state index < -0.39 is 36.3 Å². The summed E-state index contributed by atoms with van der Waals surface area (Å²) in [6.07, 6.45) is -6.38. The van der Waals surface area contributed by atoms with Crippen molar-refractivity contribution in [1.29, 1.82) is 0 Å². The van der Waals surface area contributed by atoms with Gasteiger partial charge in [0, 0.05) is 5.56 Å². The molecule has 0 aliphatic heterocycles. The van der Waals surface area contributed by atoms with Crippen molar-refractivity contribution in [2.75, 3.05) is 6.54 Å². The second kappa shape index (κ2) is 5.70. The molecule has 0 fully saturated rings. The average molecular weight is 277 g/mol. The maximum absolute atomic E-state index is 12.4. The number of hydrogen-bond donors (Lipinski definition) is 3. The van der Waals surface area contributed by atoms with E-state index in [9.17, 15) is 22.8 Å². The molecule has 1 unspecified atom stereocenters. The molecule has 0 saturated carbocycles. The zero-order chi connectivity index (χ0) is 14.6. The molecule has 0 saturated heterocycles. The number of nitrogens with one attached hydrogen (secondary N) is 1. The van der Waals surface area contributed by atoms with Crippen molar-refractivity contribution in [3.8, 4) is 0 Å². The van der Waals surface area contributed by atoms with Crippen LogP contribution >= 0.6 is 0 Å². The van der Waals surface area contributed by atoms with Crippen molar-refractivity contribution in [2.24, 2.45) is 0 Å². The van der Waals surface area contributed by atoms with Gasteiger partial charge >= 0.3 is 12.1 Å². The fraction of sp³-hybridized carbons (Fsp3) is 0.273. The molecule has 0 bridgehead atoms. The molecule has 0 heterocycles. The number of aliphatic hydroxyl groups is 1. The molecular weight excluding hydrogens is 267 g/mol. The SMILES string of the molecule is O=C(NCC(O)C(=O)O)c1cccc(C(F)(F)F)c1. The van der Waals surface area contributed by atoms with Crippen LogP contribution in [-0.2, 0) is 11.0 Å². The summed E-state index contributed by atoms with van der Waals surface area (Å²) in [6, 6.07) is 3.66. The Bertz CT molecular complexity index is 487. The van der Waals surface area contributed by atoms with Crippen LogP contribution in [0.5, 0.6) is 0 Å². The molecule has 19 heavy (non-hydrogen) atoms. The van der Waals surface area contributed by atoms with Crippen LogP contribution in [0, 0.1) is 0 Å². The Morgan fingerprint density at radius 3 is 2.47 bits per heavy atom. The summed E-state index contributed by atoms with van der Waals surface area (Å²) in [5.41, 5.74) is -1.26. The molecule has 0 aromatic heterocycles. The molecule has 5 nitrogen and oxygen atoms in total. The minimum Gasteiger partial charge on any atom is -0.479 e. The first-order valence-electron chi connectivity index (χ1n) is 5.08. The Hall–Kier alpha value is -2.09. The number of aliphatic hydroxyl groups excluding tert-OH is 1. The van der Waals surface area contributed by atoms with E-state index >= 15 is 0 Å². The van der Waals surface area contributed by atoms with E-state index in [-0.39, 0.29) is 5.56 Å². The Balaban J connectivity index is 2.75. The maximum atomic E-state index is 12.4. The number of alkyl halides is 3. The molecule has 1 rings (SSSR count). The predicted molar refractivity (Wildman–Crippen MR) is 57.4 cm³/mol. The molecule has 1 atom stereocenters. The number of carbonyl (C=O) groups excluding carboxylic acids is 1. The molecule has 1 amide bonds. The summed E-state index contributed by atoms with van der Waals surface area (Å²) in [6.45, 7) is -0.593. The molecule has 1 aromatic carbocycles. The van der Waals surface area contributed by atoms with Crippen LogP contribution < -0.4 is 5.32 Å². The van der Waals surface area contributed by atoms with E-state index in [0.717, 1.165) is 18.2 Å². The summed E-state index contributed by atoms with van der Waals surface area (Å²) in [5.74, 6) is -2.43. The number of carboxylic acids is 1.